The third-order valence-corrected chi connectivity index (χ3v) is 2.07. The first kappa shape index (κ1) is 9.79. The molecule has 1 heterocycles. The Labute approximate surface area is 90.5 Å². The van der Waals surface area contributed by atoms with Gasteiger partial charge in [0.2, 0.25) is 0 Å². The number of rotatable bonds is 3. The number of anilines is 1. The lowest BCUT2D eigenvalue weighted by Gasteiger charge is -2.03. The second-order valence-corrected chi connectivity index (χ2v) is 3.42. The van der Waals surface area contributed by atoms with Gasteiger partial charge in [-0.05, 0) is 18.2 Å². The summed E-state index contributed by atoms with van der Waals surface area (Å²) in [4.78, 5) is 13.3. The Bertz CT molecular complexity index is 505. The van der Waals surface area contributed by atoms with E-state index in [0.29, 0.717) is 17.4 Å². The molecular weight excluding hydrogens is 216 g/mol. The molecule has 0 saturated carbocycles. The molecule has 2 rings (SSSR count). The van der Waals surface area contributed by atoms with Gasteiger partial charge in [-0.2, -0.15) is 5.10 Å². The predicted octanol–water partition coefficient (Wildman–Crippen LogP) is 1.36. The predicted molar refractivity (Wildman–Crippen MR) is 58.0 cm³/mol. The van der Waals surface area contributed by atoms with E-state index in [0.717, 1.165) is 5.69 Å². The molecule has 0 fully saturated rings. The van der Waals surface area contributed by atoms with E-state index in [1.807, 2.05) is 12.1 Å². The SMILES string of the molecule is O=c1[nH]nc(CNc2cccc(Cl)c2)[nH]1. The summed E-state index contributed by atoms with van der Waals surface area (Å²) < 4.78 is 0. The molecule has 0 amide bonds. The van der Waals surface area contributed by atoms with Gasteiger partial charge >= 0.3 is 5.69 Å². The Morgan fingerprint density at radius 2 is 2.33 bits per heavy atom. The first-order valence-corrected chi connectivity index (χ1v) is 4.75. The maximum Gasteiger partial charge on any atom is 0.340 e. The number of benzene rings is 1. The van der Waals surface area contributed by atoms with Crippen LogP contribution in [0.2, 0.25) is 5.02 Å². The molecule has 5 nitrogen and oxygen atoms in total. The van der Waals surface area contributed by atoms with Crippen molar-refractivity contribution in [2.45, 2.75) is 6.54 Å². The molecule has 2 aromatic rings. The van der Waals surface area contributed by atoms with Crippen LogP contribution in [0.1, 0.15) is 5.82 Å². The molecule has 1 aromatic carbocycles. The van der Waals surface area contributed by atoms with Crippen LogP contribution in [0.15, 0.2) is 29.1 Å². The zero-order valence-corrected chi connectivity index (χ0v) is 8.51. The van der Waals surface area contributed by atoms with Crippen molar-refractivity contribution >= 4 is 17.3 Å². The van der Waals surface area contributed by atoms with E-state index in [-0.39, 0.29) is 5.69 Å². The fourth-order valence-electron chi connectivity index (χ4n) is 1.17. The zero-order valence-electron chi connectivity index (χ0n) is 7.75. The number of nitrogens with one attached hydrogen (secondary N) is 3. The summed E-state index contributed by atoms with van der Waals surface area (Å²) in [5.41, 5.74) is 0.573. The first-order chi connectivity index (χ1) is 7.24. The van der Waals surface area contributed by atoms with Crippen LogP contribution in [0.4, 0.5) is 5.69 Å². The Morgan fingerprint density at radius 1 is 1.47 bits per heavy atom. The van der Waals surface area contributed by atoms with E-state index < -0.39 is 0 Å². The number of H-pyrrole nitrogens is 2. The third kappa shape index (κ3) is 2.60. The topological polar surface area (TPSA) is 73.6 Å². The lowest BCUT2D eigenvalue weighted by atomic mass is 10.3. The van der Waals surface area contributed by atoms with Crippen LogP contribution >= 0.6 is 11.6 Å². The molecular formula is C9H9ClN4O. The number of hydrogen-bond acceptors (Lipinski definition) is 3. The molecule has 0 aliphatic heterocycles. The van der Waals surface area contributed by atoms with Gasteiger partial charge in [0.05, 0.1) is 6.54 Å². The van der Waals surface area contributed by atoms with E-state index >= 15 is 0 Å². The van der Waals surface area contributed by atoms with Crippen molar-refractivity contribution in [1.82, 2.24) is 15.2 Å². The summed E-state index contributed by atoms with van der Waals surface area (Å²) in [6, 6.07) is 7.32. The van der Waals surface area contributed by atoms with Crippen molar-refractivity contribution in [2.24, 2.45) is 0 Å². The minimum Gasteiger partial charge on any atom is -0.378 e. The van der Waals surface area contributed by atoms with E-state index in [1.54, 1.807) is 12.1 Å². The van der Waals surface area contributed by atoms with Crippen molar-refractivity contribution in [3.8, 4) is 0 Å². The third-order valence-electron chi connectivity index (χ3n) is 1.83. The summed E-state index contributed by atoms with van der Waals surface area (Å²) in [7, 11) is 0. The lowest BCUT2D eigenvalue weighted by Crippen LogP contribution is -2.04. The molecule has 0 aliphatic rings. The number of hydrogen-bond donors (Lipinski definition) is 3. The van der Waals surface area contributed by atoms with Crippen LogP contribution in [-0.2, 0) is 6.54 Å². The minimum atomic E-state index is -0.308. The fraction of sp³-hybridized carbons (Fsp3) is 0.111. The number of nitrogens with zero attached hydrogens (tertiary/aromatic N) is 1. The van der Waals surface area contributed by atoms with E-state index in [4.69, 9.17) is 11.6 Å². The maximum atomic E-state index is 10.7. The molecule has 0 radical (unpaired) electrons. The van der Waals surface area contributed by atoms with Crippen LogP contribution < -0.4 is 11.0 Å². The van der Waals surface area contributed by atoms with Crippen LogP contribution in [0, 0.1) is 0 Å². The normalized spacial score (nSPS) is 10.2. The Hall–Kier alpha value is -1.75. The number of aromatic nitrogens is 3. The van der Waals surface area contributed by atoms with Gasteiger partial charge in [-0.15, -0.1) is 0 Å². The summed E-state index contributed by atoms with van der Waals surface area (Å²) in [5, 5.41) is 9.79. The molecule has 78 valence electrons. The summed E-state index contributed by atoms with van der Waals surface area (Å²) >= 11 is 5.81. The van der Waals surface area contributed by atoms with Gasteiger partial charge in [0.1, 0.15) is 5.82 Å². The highest BCUT2D eigenvalue weighted by Gasteiger charge is 1.98. The van der Waals surface area contributed by atoms with Gasteiger partial charge in [-0.3, -0.25) is 4.98 Å². The standard InChI is InChI=1S/C9H9ClN4O/c10-6-2-1-3-7(4-6)11-5-8-12-9(15)14-13-8/h1-4,11H,5H2,(H2,12,13,14,15). The average Bonchev–Trinajstić information content (AvgIpc) is 2.62. The zero-order chi connectivity index (χ0) is 10.7. The second kappa shape index (κ2) is 4.18. The summed E-state index contributed by atoms with van der Waals surface area (Å²) in [6.07, 6.45) is 0. The average molecular weight is 225 g/mol. The molecule has 1 aromatic heterocycles. The van der Waals surface area contributed by atoms with Crippen LogP contribution in [0.5, 0.6) is 0 Å². The highest BCUT2D eigenvalue weighted by atomic mass is 35.5. The Balaban J connectivity index is 2.02. The Morgan fingerprint density at radius 3 is 3.00 bits per heavy atom. The van der Waals surface area contributed by atoms with Crippen molar-refractivity contribution in [2.75, 3.05) is 5.32 Å². The molecule has 0 bridgehead atoms. The largest absolute Gasteiger partial charge is 0.378 e. The summed E-state index contributed by atoms with van der Waals surface area (Å²) in [5.74, 6) is 0.556. The van der Waals surface area contributed by atoms with Gasteiger partial charge in [-0.25, -0.2) is 9.89 Å². The molecule has 0 saturated heterocycles. The maximum absolute atomic E-state index is 10.7. The molecule has 0 aliphatic carbocycles. The highest BCUT2D eigenvalue weighted by Crippen LogP contribution is 2.14. The highest BCUT2D eigenvalue weighted by molar-refractivity contribution is 6.30. The molecule has 0 atom stereocenters. The second-order valence-electron chi connectivity index (χ2n) is 2.99. The smallest absolute Gasteiger partial charge is 0.340 e. The van der Waals surface area contributed by atoms with Crippen molar-refractivity contribution in [3.05, 3.63) is 45.6 Å². The van der Waals surface area contributed by atoms with Crippen LogP contribution in [-0.4, -0.2) is 15.2 Å². The Kier molecular flexibility index (Phi) is 2.73. The molecule has 6 heteroatoms. The molecule has 3 N–H and O–H groups in total. The van der Waals surface area contributed by atoms with E-state index in [2.05, 4.69) is 20.5 Å². The van der Waals surface area contributed by atoms with Crippen LogP contribution in [0.3, 0.4) is 0 Å². The van der Waals surface area contributed by atoms with E-state index in [9.17, 15) is 4.79 Å². The fourth-order valence-corrected chi connectivity index (χ4v) is 1.36. The first-order valence-electron chi connectivity index (χ1n) is 4.37. The molecule has 0 unspecified atom stereocenters. The number of halogens is 1. The van der Waals surface area contributed by atoms with E-state index in [1.165, 1.54) is 0 Å². The van der Waals surface area contributed by atoms with Gasteiger partial charge < -0.3 is 5.32 Å². The van der Waals surface area contributed by atoms with Crippen LogP contribution in [0.25, 0.3) is 0 Å². The lowest BCUT2D eigenvalue weighted by molar-refractivity contribution is 0.953. The van der Waals surface area contributed by atoms with Gasteiger partial charge in [-0.1, -0.05) is 17.7 Å². The van der Waals surface area contributed by atoms with Crippen molar-refractivity contribution in [3.63, 3.8) is 0 Å². The molecule has 15 heavy (non-hydrogen) atoms. The molecule has 0 spiro atoms. The van der Waals surface area contributed by atoms with Crippen molar-refractivity contribution < 1.29 is 0 Å². The summed E-state index contributed by atoms with van der Waals surface area (Å²) in [6.45, 7) is 0.444. The quantitative estimate of drug-likeness (QED) is 0.737. The minimum absolute atomic E-state index is 0.308. The van der Waals surface area contributed by atoms with Gasteiger partial charge in [0.25, 0.3) is 0 Å². The monoisotopic (exact) mass is 224 g/mol. The van der Waals surface area contributed by atoms with Crippen molar-refractivity contribution in [1.29, 1.82) is 0 Å². The number of aromatic amines is 2. The van der Waals surface area contributed by atoms with Gasteiger partial charge in [0.15, 0.2) is 0 Å². The van der Waals surface area contributed by atoms with Gasteiger partial charge in [0, 0.05) is 10.7 Å².